The number of thiocarbonyl (C=S) groups is 1. The van der Waals surface area contributed by atoms with Crippen LogP contribution in [0.4, 0.5) is 0 Å². The Kier molecular flexibility index (Phi) is 11.6. The number of carbonyl (C=O) groups is 2. The van der Waals surface area contributed by atoms with Gasteiger partial charge < -0.3 is 29.6 Å². The molecule has 0 saturated heterocycles. The molecule has 0 aliphatic carbocycles. The second-order valence-electron chi connectivity index (χ2n) is 9.46. The number of para-hydroxylation sites is 1. The van der Waals surface area contributed by atoms with Crippen LogP contribution in [-0.4, -0.2) is 43.0 Å². The van der Waals surface area contributed by atoms with Gasteiger partial charge in [0.05, 0.1) is 31.0 Å². The molecule has 0 fully saturated rings. The molecule has 230 valence electrons. The zero-order valence-electron chi connectivity index (χ0n) is 24.5. The third-order valence-electron chi connectivity index (χ3n) is 6.33. The van der Waals surface area contributed by atoms with E-state index in [0.717, 1.165) is 5.56 Å². The molecule has 0 radical (unpaired) electrons. The van der Waals surface area contributed by atoms with Crippen LogP contribution in [0.25, 0.3) is 0 Å². The number of rotatable bonds is 13. The Morgan fingerprint density at radius 1 is 0.977 bits per heavy atom. The number of halogens is 1. The summed E-state index contributed by atoms with van der Waals surface area (Å²) in [5.74, 6) is 0.575. The van der Waals surface area contributed by atoms with E-state index in [2.05, 4.69) is 21.2 Å². The molecule has 12 heteroatoms. The van der Waals surface area contributed by atoms with Gasteiger partial charge in [-0.3, -0.25) is 4.79 Å². The normalized spacial score (nSPS) is 14.5. The predicted molar refractivity (Wildman–Crippen MR) is 172 cm³/mol. The van der Waals surface area contributed by atoms with Crippen LogP contribution < -0.4 is 30.3 Å². The van der Waals surface area contributed by atoms with Gasteiger partial charge in [0.15, 0.2) is 23.2 Å². The summed E-state index contributed by atoms with van der Waals surface area (Å²) in [7, 11) is 0. The molecule has 1 atom stereocenters. The van der Waals surface area contributed by atoms with Gasteiger partial charge >= 0.3 is 5.97 Å². The fraction of sp³-hybridized carbons (Fsp3) is 0.250. The Bertz CT molecular complexity index is 1560. The topological polar surface area (TPSA) is 120 Å². The van der Waals surface area contributed by atoms with E-state index in [-0.39, 0.29) is 13.2 Å². The molecule has 1 amide bonds. The molecule has 0 bridgehead atoms. The zero-order chi connectivity index (χ0) is 31.5. The number of hydrogen-bond acceptors (Lipinski definition) is 8. The standard InChI is InChI=1S/C32H33ClN4O6S/c1-4-40-27-16-22(12-15-26(27)42-18-21-10-13-23(33)14-11-21)17-34-37-28(38)19-43-25-9-7-6-8-24(25)30-29(31(39)41-5-2)20(3)35-32(44)36-30/h6-17,30H,4-5,18-19H2,1-3H3,(H,37,38)(H2,35,36,44)/t30-/m1/s1. The van der Waals surface area contributed by atoms with Gasteiger partial charge in [-0.15, -0.1) is 0 Å². The highest BCUT2D eigenvalue weighted by Crippen LogP contribution is 2.34. The van der Waals surface area contributed by atoms with Crippen molar-refractivity contribution >= 4 is 47.0 Å². The monoisotopic (exact) mass is 636 g/mol. The second kappa shape index (κ2) is 15.7. The van der Waals surface area contributed by atoms with Crippen LogP contribution >= 0.6 is 23.8 Å². The van der Waals surface area contributed by atoms with E-state index < -0.39 is 17.9 Å². The van der Waals surface area contributed by atoms with Crippen LogP contribution in [0.5, 0.6) is 17.2 Å². The lowest BCUT2D eigenvalue weighted by Crippen LogP contribution is -2.45. The van der Waals surface area contributed by atoms with Gasteiger partial charge in [0.2, 0.25) is 0 Å². The summed E-state index contributed by atoms with van der Waals surface area (Å²) in [6.07, 6.45) is 1.50. The van der Waals surface area contributed by atoms with Gasteiger partial charge in [0, 0.05) is 16.3 Å². The Morgan fingerprint density at radius 3 is 2.50 bits per heavy atom. The summed E-state index contributed by atoms with van der Waals surface area (Å²) in [4.78, 5) is 25.3. The van der Waals surface area contributed by atoms with Crippen molar-refractivity contribution in [1.29, 1.82) is 0 Å². The van der Waals surface area contributed by atoms with Gasteiger partial charge in [0.25, 0.3) is 5.91 Å². The number of ether oxygens (including phenoxy) is 4. The summed E-state index contributed by atoms with van der Waals surface area (Å²) in [5, 5.41) is 11.1. The molecular weight excluding hydrogens is 604 g/mol. The number of hydrazone groups is 1. The number of amides is 1. The number of benzene rings is 3. The highest BCUT2D eigenvalue weighted by atomic mass is 35.5. The van der Waals surface area contributed by atoms with Crippen molar-refractivity contribution in [1.82, 2.24) is 16.1 Å². The summed E-state index contributed by atoms with van der Waals surface area (Å²) >= 11 is 11.3. The van der Waals surface area contributed by atoms with Crippen LogP contribution in [0.1, 0.15) is 43.5 Å². The lowest BCUT2D eigenvalue weighted by Gasteiger charge is -2.30. The number of allylic oxidation sites excluding steroid dienone is 1. The minimum absolute atomic E-state index is 0.223. The second-order valence-corrected chi connectivity index (χ2v) is 10.3. The highest BCUT2D eigenvalue weighted by Gasteiger charge is 2.32. The Labute approximate surface area is 266 Å². The maximum Gasteiger partial charge on any atom is 0.338 e. The number of nitrogens with one attached hydrogen (secondary N) is 3. The van der Waals surface area contributed by atoms with Crippen molar-refractivity contribution < 1.29 is 28.5 Å². The lowest BCUT2D eigenvalue weighted by molar-refractivity contribution is -0.139. The number of hydrogen-bond donors (Lipinski definition) is 3. The van der Waals surface area contributed by atoms with Gasteiger partial charge in [0.1, 0.15) is 12.4 Å². The summed E-state index contributed by atoms with van der Waals surface area (Å²) in [6, 6.07) is 19.2. The molecule has 1 heterocycles. The van der Waals surface area contributed by atoms with E-state index >= 15 is 0 Å². The summed E-state index contributed by atoms with van der Waals surface area (Å²) in [6.45, 7) is 6.07. The minimum atomic E-state index is -0.627. The fourth-order valence-electron chi connectivity index (χ4n) is 4.35. The SMILES string of the molecule is CCOC(=O)C1=C(C)NC(=S)N[C@@H]1c1ccccc1OCC(=O)NN=Cc1ccc(OCc2ccc(Cl)cc2)c(OCC)c1. The Balaban J connectivity index is 1.38. The van der Waals surface area contributed by atoms with Crippen molar-refractivity contribution in [3.63, 3.8) is 0 Å². The third-order valence-corrected chi connectivity index (χ3v) is 6.80. The first-order valence-corrected chi connectivity index (χ1v) is 14.7. The maximum atomic E-state index is 12.7. The number of nitrogens with zero attached hydrogens (tertiary/aromatic N) is 1. The molecule has 44 heavy (non-hydrogen) atoms. The molecule has 10 nitrogen and oxygen atoms in total. The largest absolute Gasteiger partial charge is 0.490 e. The molecule has 0 unspecified atom stereocenters. The van der Waals surface area contributed by atoms with Crippen LogP contribution in [-0.2, 0) is 20.9 Å². The zero-order valence-corrected chi connectivity index (χ0v) is 26.1. The van der Waals surface area contributed by atoms with E-state index in [1.54, 1.807) is 50.2 Å². The molecule has 0 saturated carbocycles. The minimum Gasteiger partial charge on any atom is -0.490 e. The van der Waals surface area contributed by atoms with Gasteiger partial charge in [-0.25, -0.2) is 10.2 Å². The summed E-state index contributed by atoms with van der Waals surface area (Å²) < 4.78 is 22.8. The Morgan fingerprint density at radius 2 is 1.75 bits per heavy atom. The predicted octanol–water partition coefficient (Wildman–Crippen LogP) is 5.20. The van der Waals surface area contributed by atoms with Crippen LogP contribution in [0, 0.1) is 0 Å². The van der Waals surface area contributed by atoms with E-state index in [1.165, 1.54) is 6.21 Å². The van der Waals surface area contributed by atoms with Crippen molar-refractivity contribution in [2.45, 2.75) is 33.4 Å². The fourth-order valence-corrected chi connectivity index (χ4v) is 4.74. The third kappa shape index (κ3) is 8.71. The highest BCUT2D eigenvalue weighted by molar-refractivity contribution is 7.80. The van der Waals surface area contributed by atoms with Gasteiger partial charge in [-0.2, -0.15) is 5.10 Å². The van der Waals surface area contributed by atoms with Gasteiger partial charge in [-0.05, 0) is 80.5 Å². The van der Waals surface area contributed by atoms with E-state index in [0.29, 0.717) is 63.0 Å². The van der Waals surface area contributed by atoms with Crippen molar-refractivity contribution in [3.8, 4) is 17.2 Å². The van der Waals surface area contributed by atoms with Crippen LogP contribution in [0.3, 0.4) is 0 Å². The van der Waals surface area contributed by atoms with Crippen molar-refractivity contribution in [2.24, 2.45) is 5.10 Å². The van der Waals surface area contributed by atoms with Crippen molar-refractivity contribution in [2.75, 3.05) is 19.8 Å². The molecule has 3 aromatic carbocycles. The molecule has 4 rings (SSSR count). The average Bonchev–Trinajstić information content (AvgIpc) is 3.00. The number of carbonyl (C=O) groups excluding carboxylic acids is 2. The van der Waals surface area contributed by atoms with Crippen molar-refractivity contribution in [3.05, 3.63) is 99.7 Å². The van der Waals surface area contributed by atoms with Crippen LogP contribution in [0.2, 0.25) is 5.02 Å². The molecule has 1 aliphatic rings. The van der Waals surface area contributed by atoms with Gasteiger partial charge in [-0.1, -0.05) is 41.9 Å². The smallest absolute Gasteiger partial charge is 0.338 e. The van der Waals surface area contributed by atoms with E-state index in [1.807, 2.05) is 37.3 Å². The molecule has 1 aliphatic heterocycles. The van der Waals surface area contributed by atoms with Crippen LogP contribution in [0.15, 0.2) is 83.1 Å². The first-order valence-electron chi connectivity index (χ1n) is 13.9. The first kappa shape index (κ1) is 32.3. The maximum absolute atomic E-state index is 12.7. The molecular formula is C32H33ClN4O6S. The van der Waals surface area contributed by atoms with E-state index in [4.69, 9.17) is 42.8 Å². The molecule has 0 spiro atoms. The van der Waals surface area contributed by atoms with E-state index in [9.17, 15) is 9.59 Å². The molecule has 3 aromatic rings. The first-order chi connectivity index (χ1) is 21.3. The lowest BCUT2D eigenvalue weighted by atomic mass is 9.95. The summed E-state index contributed by atoms with van der Waals surface area (Å²) in [5.41, 5.74) is 5.70. The number of esters is 1. The average molecular weight is 637 g/mol. The Hall–Kier alpha value is -4.61. The quantitative estimate of drug-likeness (QED) is 0.101. The molecule has 0 aromatic heterocycles. The molecule has 3 N–H and O–H groups in total.